The summed E-state index contributed by atoms with van der Waals surface area (Å²) < 4.78 is 21.2. The molecule has 2 heterocycles. The average Bonchev–Trinajstić information content (AvgIpc) is 3.28. The summed E-state index contributed by atoms with van der Waals surface area (Å²) in [6.45, 7) is 4.26. The molecule has 1 fully saturated rings. The number of anilines is 1. The van der Waals surface area contributed by atoms with Crippen LogP contribution in [0.25, 0.3) is 0 Å². The van der Waals surface area contributed by atoms with Gasteiger partial charge in [-0.3, -0.25) is 4.79 Å². The van der Waals surface area contributed by atoms with Crippen LogP contribution in [0.2, 0.25) is 0 Å². The van der Waals surface area contributed by atoms with Crippen LogP contribution < -0.4 is 24.5 Å². The summed E-state index contributed by atoms with van der Waals surface area (Å²) in [6, 6.07) is 2.74. The number of nitrogens with one attached hydrogen (secondary N) is 1. The van der Waals surface area contributed by atoms with Gasteiger partial charge in [-0.15, -0.1) is 9.90 Å². The predicted molar refractivity (Wildman–Crippen MR) is 107 cm³/mol. The molecule has 0 bridgehead atoms. The molecule has 162 valence electrons. The molecule has 12 heteroatoms. The van der Waals surface area contributed by atoms with Crippen LogP contribution in [0.3, 0.4) is 0 Å². The number of rotatable bonds is 8. The van der Waals surface area contributed by atoms with Gasteiger partial charge in [0, 0.05) is 18.7 Å². The second-order valence-electron chi connectivity index (χ2n) is 6.38. The Kier molecular flexibility index (Phi) is 7.01. The zero-order chi connectivity index (χ0) is 21.5. The van der Waals surface area contributed by atoms with Gasteiger partial charge in [0.15, 0.2) is 17.5 Å². The lowest BCUT2D eigenvalue weighted by atomic mass is 10.2. The second-order valence-corrected chi connectivity index (χ2v) is 6.38. The summed E-state index contributed by atoms with van der Waals surface area (Å²) in [7, 11) is 4.58. The summed E-state index contributed by atoms with van der Waals surface area (Å²) >= 11 is 0. The monoisotopic (exact) mass is 419 g/mol. The molecule has 1 saturated heterocycles. The SMILES string of the molecule is COc1cc(/C=N\NC(=O)C(C)n2nnc(N3CCOCC3)n2)cc(OC)c1OC. The summed E-state index contributed by atoms with van der Waals surface area (Å²) in [5.74, 6) is 1.53. The van der Waals surface area contributed by atoms with Gasteiger partial charge in [-0.1, -0.05) is 5.10 Å². The molecule has 1 aliphatic heterocycles. The maximum atomic E-state index is 12.4. The Bertz CT molecular complexity index is 870. The molecule has 1 atom stereocenters. The number of aromatic nitrogens is 4. The van der Waals surface area contributed by atoms with E-state index in [0.29, 0.717) is 55.1 Å². The molecule has 12 nitrogen and oxygen atoms in total. The van der Waals surface area contributed by atoms with Crippen molar-refractivity contribution in [3.63, 3.8) is 0 Å². The van der Waals surface area contributed by atoms with Crippen molar-refractivity contribution in [3.05, 3.63) is 17.7 Å². The quantitative estimate of drug-likeness (QED) is 0.473. The van der Waals surface area contributed by atoms with Crippen LogP contribution in [-0.4, -0.2) is 80.0 Å². The van der Waals surface area contributed by atoms with E-state index in [4.69, 9.17) is 18.9 Å². The summed E-state index contributed by atoms with van der Waals surface area (Å²) in [5, 5.41) is 16.3. The first kappa shape index (κ1) is 21.3. The fourth-order valence-electron chi connectivity index (χ4n) is 2.82. The highest BCUT2D eigenvalue weighted by atomic mass is 16.5. The standard InChI is InChI=1S/C18H25N7O5/c1-12(25-22-18(21-23-25)24-5-7-30-8-6-24)17(26)20-19-11-13-9-14(27-2)16(29-4)15(10-13)28-3/h9-12H,5-8H2,1-4H3,(H,20,26)/b19-11-. The zero-order valence-electron chi connectivity index (χ0n) is 17.4. The normalized spacial score (nSPS) is 15.1. The highest BCUT2D eigenvalue weighted by Gasteiger charge is 2.21. The third-order valence-electron chi connectivity index (χ3n) is 4.51. The number of hydrogen-bond acceptors (Lipinski definition) is 10. The van der Waals surface area contributed by atoms with E-state index < -0.39 is 6.04 Å². The fraction of sp³-hybridized carbons (Fsp3) is 0.500. The number of benzene rings is 1. The van der Waals surface area contributed by atoms with E-state index in [1.165, 1.54) is 32.3 Å². The van der Waals surface area contributed by atoms with Gasteiger partial charge in [0.2, 0.25) is 5.75 Å². The van der Waals surface area contributed by atoms with Crippen LogP contribution in [0.5, 0.6) is 17.2 Å². The van der Waals surface area contributed by atoms with Gasteiger partial charge >= 0.3 is 0 Å². The van der Waals surface area contributed by atoms with E-state index in [1.807, 2.05) is 4.90 Å². The minimum Gasteiger partial charge on any atom is -0.493 e. The van der Waals surface area contributed by atoms with Crippen molar-refractivity contribution in [3.8, 4) is 17.2 Å². The fourth-order valence-corrected chi connectivity index (χ4v) is 2.82. The average molecular weight is 419 g/mol. The van der Waals surface area contributed by atoms with Crippen molar-refractivity contribution < 1.29 is 23.7 Å². The number of ether oxygens (including phenoxy) is 4. The van der Waals surface area contributed by atoms with E-state index in [9.17, 15) is 4.79 Å². The molecule has 2 aromatic rings. The van der Waals surface area contributed by atoms with E-state index in [-0.39, 0.29) is 5.91 Å². The lowest BCUT2D eigenvalue weighted by Crippen LogP contribution is -2.37. The van der Waals surface area contributed by atoms with Gasteiger partial charge in [0.25, 0.3) is 11.9 Å². The number of amides is 1. The minimum absolute atomic E-state index is 0.385. The smallest absolute Gasteiger partial charge is 0.266 e. The number of morpholine rings is 1. The minimum atomic E-state index is -0.690. The third-order valence-corrected chi connectivity index (χ3v) is 4.51. The summed E-state index contributed by atoms with van der Waals surface area (Å²) in [6.07, 6.45) is 1.48. The van der Waals surface area contributed by atoms with Crippen LogP contribution in [-0.2, 0) is 9.53 Å². The number of nitrogens with zero attached hydrogens (tertiary/aromatic N) is 6. The third kappa shape index (κ3) is 4.76. The first-order valence-corrected chi connectivity index (χ1v) is 9.32. The molecule has 3 rings (SSSR count). The Hall–Kier alpha value is -3.41. The molecule has 1 aromatic heterocycles. The van der Waals surface area contributed by atoms with Gasteiger partial charge in [0.05, 0.1) is 40.8 Å². The maximum absolute atomic E-state index is 12.4. The van der Waals surface area contributed by atoms with E-state index in [2.05, 4.69) is 25.9 Å². The van der Waals surface area contributed by atoms with Crippen molar-refractivity contribution in [1.29, 1.82) is 0 Å². The summed E-state index contributed by atoms with van der Waals surface area (Å²) in [4.78, 5) is 15.6. The number of methoxy groups -OCH3 is 3. The van der Waals surface area contributed by atoms with Gasteiger partial charge in [-0.25, -0.2) is 5.43 Å². The van der Waals surface area contributed by atoms with Crippen molar-refractivity contribution in [2.24, 2.45) is 5.10 Å². The van der Waals surface area contributed by atoms with Crippen LogP contribution in [0.1, 0.15) is 18.5 Å². The van der Waals surface area contributed by atoms with Crippen LogP contribution in [0, 0.1) is 0 Å². The molecule has 30 heavy (non-hydrogen) atoms. The Labute approximate surface area is 173 Å². The molecule has 0 radical (unpaired) electrons. The topological polar surface area (TPSA) is 125 Å². The lowest BCUT2D eigenvalue weighted by Gasteiger charge is -2.24. The molecule has 0 aliphatic carbocycles. The lowest BCUT2D eigenvalue weighted by molar-refractivity contribution is -0.124. The molecule has 1 aliphatic rings. The highest BCUT2D eigenvalue weighted by molar-refractivity contribution is 5.85. The Morgan fingerprint density at radius 2 is 1.87 bits per heavy atom. The number of carbonyl (C=O) groups is 1. The number of tetrazole rings is 1. The van der Waals surface area contributed by atoms with Gasteiger partial charge in [-0.05, 0) is 24.3 Å². The maximum Gasteiger partial charge on any atom is 0.266 e. The van der Waals surface area contributed by atoms with E-state index >= 15 is 0 Å². The highest BCUT2D eigenvalue weighted by Crippen LogP contribution is 2.37. The van der Waals surface area contributed by atoms with E-state index in [0.717, 1.165) is 0 Å². The molecule has 0 spiro atoms. The van der Waals surface area contributed by atoms with Crippen LogP contribution in [0.4, 0.5) is 5.95 Å². The molecule has 0 saturated carbocycles. The Morgan fingerprint density at radius 3 is 2.47 bits per heavy atom. The van der Waals surface area contributed by atoms with Gasteiger partial charge in [0.1, 0.15) is 0 Å². The molecule has 1 amide bonds. The van der Waals surface area contributed by atoms with Crippen molar-refractivity contribution in [2.45, 2.75) is 13.0 Å². The van der Waals surface area contributed by atoms with Gasteiger partial charge < -0.3 is 23.8 Å². The van der Waals surface area contributed by atoms with Crippen molar-refractivity contribution in [1.82, 2.24) is 25.6 Å². The van der Waals surface area contributed by atoms with Crippen molar-refractivity contribution in [2.75, 3.05) is 52.5 Å². The Balaban J connectivity index is 1.63. The second kappa shape index (κ2) is 9.87. The number of hydrazone groups is 1. The van der Waals surface area contributed by atoms with Crippen molar-refractivity contribution >= 4 is 18.1 Å². The van der Waals surface area contributed by atoms with Crippen LogP contribution in [0.15, 0.2) is 17.2 Å². The first-order valence-electron chi connectivity index (χ1n) is 9.32. The largest absolute Gasteiger partial charge is 0.493 e. The molecule has 1 N–H and O–H groups in total. The molecular formula is C18H25N7O5. The van der Waals surface area contributed by atoms with Crippen LogP contribution >= 0.6 is 0 Å². The number of carbonyl (C=O) groups excluding carboxylic acids is 1. The molecular weight excluding hydrogens is 394 g/mol. The van der Waals surface area contributed by atoms with E-state index in [1.54, 1.807) is 19.1 Å². The molecule has 1 unspecified atom stereocenters. The molecule has 1 aromatic carbocycles. The van der Waals surface area contributed by atoms with Gasteiger partial charge in [-0.2, -0.15) is 5.10 Å². The summed E-state index contributed by atoms with van der Waals surface area (Å²) in [5.41, 5.74) is 3.14. The Morgan fingerprint density at radius 1 is 1.20 bits per heavy atom. The number of hydrogen-bond donors (Lipinski definition) is 1. The zero-order valence-corrected chi connectivity index (χ0v) is 17.4. The predicted octanol–water partition coefficient (Wildman–Crippen LogP) is 0.247. The first-order chi connectivity index (χ1) is 14.6.